The first kappa shape index (κ1) is 19.3. The maximum Gasteiger partial charge on any atom is 0.269 e. The molecule has 1 aromatic heterocycles. The highest BCUT2D eigenvalue weighted by Gasteiger charge is 2.31. The van der Waals surface area contributed by atoms with E-state index in [0.29, 0.717) is 32.9 Å². The maximum absolute atomic E-state index is 12.7. The first-order valence-electron chi connectivity index (χ1n) is 8.11. The highest BCUT2D eigenvalue weighted by atomic mass is 35.5. The van der Waals surface area contributed by atoms with E-state index in [0.717, 1.165) is 4.70 Å². The maximum atomic E-state index is 12.7. The van der Waals surface area contributed by atoms with Gasteiger partial charge < -0.3 is 14.2 Å². The summed E-state index contributed by atoms with van der Waals surface area (Å²) in [6.45, 7) is 3.37. The average Bonchev–Trinajstić information content (AvgIpc) is 3.06. The second-order valence-electron chi connectivity index (χ2n) is 6.19. The molecule has 3 aromatic rings. The van der Waals surface area contributed by atoms with Crippen LogP contribution < -0.4 is 19.5 Å². The van der Waals surface area contributed by atoms with Crippen molar-refractivity contribution in [3.8, 4) is 17.2 Å². The van der Waals surface area contributed by atoms with E-state index in [-0.39, 0.29) is 5.91 Å². The molecule has 0 spiro atoms. The predicted octanol–water partition coefficient (Wildman–Crippen LogP) is 4.76. The first-order valence-corrected chi connectivity index (χ1v) is 9.31. The van der Waals surface area contributed by atoms with Gasteiger partial charge in [-0.2, -0.15) is 0 Å². The zero-order chi connectivity index (χ0) is 19.6. The summed E-state index contributed by atoms with van der Waals surface area (Å²) in [5, 5.41) is 3.85. The van der Waals surface area contributed by atoms with Crippen molar-refractivity contribution in [1.82, 2.24) is 4.98 Å². The minimum atomic E-state index is -1.11. The van der Waals surface area contributed by atoms with Crippen molar-refractivity contribution in [1.29, 1.82) is 0 Å². The summed E-state index contributed by atoms with van der Waals surface area (Å²) in [6.07, 6.45) is 0. The Morgan fingerprint density at radius 3 is 2.33 bits per heavy atom. The monoisotopic (exact) mass is 406 g/mol. The van der Waals surface area contributed by atoms with Crippen LogP contribution in [0.2, 0.25) is 5.02 Å². The molecule has 0 atom stereocenters. The van der Waals surface area contributed by atoms with Crippen molar-refractivity contribution < 1.29 is 19.0 Å². The Morgan fingerprint density at radius 2 is 1.70 bits per heavy atom. The van der Waals surface area contributed by atoms with Crippen LogP contribution >= 0.6 is 22.9 Å². The lowest BCUT2D eigenvalue weighted by Gasteiger charge is -2.24. The molecule has 6 nitrogen and oxygen atoms in total. The second-order valence-corrected chi connectivity index (χ2v) is 7.62. The topological polar surface area (TPSA) is 69.7 Å². The van der Waals surface area contributed by atoms with Crippen molar-refractivity contribution in [2.75, 3.05) is 19.5 Å². The highest BCUT2D eigenvalue weighted by Crippen LogP contribution is 2.39. The minimum absolute atomic E-state index is 0.325. The van der Waals surface area contributed by atoms with Crippen LogP contribution in [0.5, 0.6) is 17.2 Å². The molecule has 0 bridgehead atoms. The Bertz CT molecular complexity index is 929. The zero-order valence-electron chi connectivity index (χ0n) is 15.3. The Balaban J connectivity index is 1.83. The van der Waals surface area contributed by atoms with Crippen LogP contribution in [0.15, 0.2) is 36.4 Å². The van der Waals surface area contributed by atoms with Crippen LogP contribution in [0.1, 0.15) is 13.8 Å². The number of fused-ring (bicyclic) bond motifs is 1. The number of amides is 1. The van der Waals surface area contributed by atoms with E-state index in [4.69, 9.17) is 25.8 Å². The molecule has 8 heteroatoms. The quantitative estimate of drug-likeness (QED) is 0.638. The first-order chi connectivity index (χ1) is 12.8. The van der Waals surface area contributed by atoms with Gasteiger partial charge in [-0.15, -0.1) is 0 Å². The molecule has 0 saturated heterocycles. The molecule has 0 saturated carbocycles. The average molecular weight is 407 g/mol. The molecule has 0 aliphatic carbocycles. The van der Waals surface area contributed by atoms with Gasteiger partial charge in [0.05, 0.1) is 14.2 Å². The number of rotatable bonds is 6. The number of nitrogens with zero attached hydrogens (tertiary/aromatic N) is 1. The fourth-order valence-corrected chi connectivity index (χ4v) is 3.53. The summed E-state index contributed by atoms with van der Waals surface area (Å²) in [6, 6.07) is 10.4. The number of hydrogen-bond acceptors (Lipinski definition) is 6. The molecule has 1 N–H and O–H groups in total. The Morgan fingerprint density at radius 1 is 1.07 bits per heavy atom. The van der Waals surface area contributed by atoms with Crippen LogP contribution in [-0.2, 0) is 4.79 Å². The van der Waals surface area contributed by atoms with Crippen molar-refractivity contribution in [2.24, 2.45) is 0 Å². The van der Waals surface area contributed by atoms with E-state index in [1.54, 1.807) is 64.5 Å². The lowest BCUT2D eigenvalue weighted by molar-refractivity contribution is -0.128. The standard InChI is InChI=1S/C19H19ClN2O4S/c1-19(2,26-12-7-5-11(20)6-8-12)17(23)22-18-21-15-13(24-3)9-10-14(25-4)16(15)27-18/h5-10H,1-4H3,(H,21,22,23). The van der Waals surface area contributed by atoms with Crippen LogP contribution in [-0.4, -0.2) is 30.7 Å². The molecule has 0 aliphatic heterocycles. The SMILES string of the molecule is COc1ccc(OC)c2sc(NC(=O)C(C)(C)Oc3ccc(Cl)cc3)nc12. The number of nitrogens with one attached hydrogen (secondary N) is 1. The van der Waals surface area contributed by atoms with Gasteiger partial charge in [0, 0.05) is 5.02 Å². The van der Waals surface area contributed by atoms with Crippen LogP contribution in [0, 0.1) is 0 Å². The summed E-state index contributed by atoms with van der Waals surface area (Å²) < 4.78 is 17.3. The summed E-state index contributed by atoms with van der Waals surface area (Å²) in [5.41, 5.74) is -0.478. The number of ether oxygens (including phenoxy) is 3. The molecule has 1 heterocycles. The fourth-order valence-electron chi connectivity index (χ4n) is 2.43. The van der Waals surface area contributed by atoms with Gasteiger partial charge in [-0.25, -0.2) is 4.98 Å². The van der Waals surface area contributed by atoms with E-state index in [1.165, 1.54) is 11.3 Å². The number of methoxy groups -OCH3 is 2. The molecule has 0 aliphatic rings. The zero-order valence-corrected chi connectivity index (χ0v) is 16.9. The van der Waals surface area contributed by atoms with E-state index in [9.17, 15) is 4.79 Å². The van der Waals surface area contributed by atoms with Crippen LogP contribution in [0.4, 0.5) is 5.13 Å². The molecule has 1 amide bonds. The Labute approximate surface area is 166 Å². The van der Waals surface area contributed by atoms with E-state index < -0.39 is 5.60 Å². The van der Waals surface area contributed by atoms with Gasteiger partial charge in [0.15, 0.2) is 10.7 Å². The summed E-state index contributed by atoms with van der Waals surface area (Å²) in [7, 11) is 3.16. The summed E-state index contributed by atoms with van der Waals surface area (Å²) in [4.78, 5) is 17.2. The van der Waals surface area contributed by atoms with E-state index >= 15 is 0 Å². The molecule has 0 unspecified atom stereocenters. The molecule has 0 fully saturated rings. The normalized spacial score (nSPS) is 11.3. The van der Waals surface area contributed by atoms with Crippen molar-refractivity contribution in [3.05, 3.63) is 41.4 Å². The Kier molecular flexibility index (Phi) is 5.43. The van der Waals surface area contributed by atoms with E-state index in [2.05, 4.69) is 10.3 Å². The number of halogens is 1. The van der Waals surface area contributed by atoms with E-state index in [1.807, 2.05) is 0 Å². The molecule has 27 heavy (non-hydrogen) atoms. The summed E-state index contributed by atoms with van der Waals surface area (Å²) >= 11 is 7.19. The lowest BCUT2D eigenvalue weighted by atomic mass is 10.1. The smallest absolute Gasteiger partial charge is 0.269 e. The number of benzene rings is 2. The number of anilines is 1. The number of carbonyl (C=O) groups excluding carboxylic acids is 1. The fraction of sp³-hybridized carbons (Fsp3) is 0.263. The lowest BCUT2D eigenvalue weighted by Crippen LogP contribution is -2.42. The van der Waals surface area contributed by atoms with Gasteiger partial charge in [-0.1, -0.05) is 22.9 Å². The van der Waals surface area contributed by atoms with Crippen molar-refractivity contribution in [3.63, 3.8) is 0 Å². The molecular weight excluding hydrogens is 388 g/mol. The number of thiazole rings is 1. The third kappa shape index (κ3) is 4.09. The minimum Gasteiger partial charge on any atom is -0.495 e. The predicted molar refractivity (Wildman–Crippen MR) is 108 cm³/mol. The number of aromatic nitrogens is 1. The molecule has 3 rings (SSSR count). The largest absolute Gasteiger partial charge is 0.495 e. The van der Waals surface area contributed by atoms with Crippen molar-refractivity contribution >= 4 is 44.2 Å². The van der Waals surface area contributed by atoms with Gasteiger partial charge in [-0.3, -0.25) is 10.1 Å². The highest BCUT2D eigenvalue weighted by molar-refractivity contribution is 7.22. The number of carbonyl (C=O) groups is 1. The van der Waals surface area contributed by atoms with Gasteiger partial charge in [0.25, 0.3) is 5.91 Å². The van der Waals surface area contributed by atoms with Gasteiger partial charge in [0.2, 0.25) is 0 Å². The van der Waals surface area contributed by atoms with Crippen LogP contribution in [0.25, 0.3) is 10.2 Å². The van der Waals surface area contributed by atoms with Gasteiger partial charge >= 0.3 is 0 Å². The molecule has 142 valence electrons. The van der Waals surface area contributed by atoms with Gasteiger partial charge in [0.1, 0.15) is 27.5 Å². The van der Waals surface area contributed by atoms with Gasteiger partial charge in [-0.05, 0) is 50.2 Å². The van der Waals surface area contributed by atoms with Crippen molar-refractivity contribution in [2.45, 2.75) is 19.4 Å². The molecule has 0 radical (unpaired) electrons. The third-order valence-corrected chi connectivity index (χ3v) is 5.10. The third-order valence-electron chi connectivity index (χ3n) is 3.86. The molecular formula is C19H19ClN2O4S. The Hall–Kier alpha value is -2.51. The molecule has 2 aromatic carbocycles. The second kappa shape index (κ2) is 7.62. The van der Waals surface area contributed by atoms with Crippen LogP contribution in [0.3, 0.4) is 0 Å². The number of hydrogen-bond donors (Lipinski definition) is 1. The summed E-state index contributed by atoms with van der Waals surface area (Å²) in [5.74, 6) is 1.50.